The molecule has 1 heterocycles. The van der Waals surface area contributed by atoms with Gasteiger partial charge in [0.25, 0.3) is 0 Å². The van der Waals surface area contributed by atoms with Crippen LogP contribution in [0, 0.1) is 0 Å². The molecule has 17 heavy (non-hydrogen) atoms. The Hall–Kier alpha value is -0.960. The molecule has 0 aliphatic carbocycles. The van der Waals surface area contributed by atoms with Crippen molar-refractivity contribution in [3.8, 4) is 0 Å². The maximum Gasteiger partial charge on any atom is 0.128 e. The van der Waals surface area contributed by atoms with Crippen molar-refractivity contribution in [3.05, 3.63) is 22.8 Å². The Kier molecular flexibility index (Phi) is 6.12. The van der Waals surface area contributed by atoms with Crippen LogP contribution in [0.25, 0.3) is 0 Å². The summed E-state index contributed by atoms with van der Waals surface area (Å²) in [5.41, 5.74) is 3.86. The number of hydrogen-bond acceptors (Lipinski definition) is 3. The van der Waals surface area contributed by atoms with Crippen molar-refractivity contribution < 1.29 is 0 Å². The van der Waals surface area contributed by atoms with E-state index in [-0.39, 0.29) is 0 Å². The number of likely N-dealkylation sites (N-methyl/N-ethyl adjacent to an activating group) is 1. The van der Waals surface area contributed by atoms with Gasteiger partial charge in [-0.1, -0.05) is 20.8 Å². The van der Waals surface area contributed by atoms with Gasteiger partial charge in [0.15, 0.2) is 0 Å². The standard InChI is InChI=1S/C14H25N3/c1-5-8-14-16-12(6-2)11(9-10-15-4)13(7-3)17-14/h15H,5-10H2,1-4H3. The third kappa shape index (κ3) is 3.77. The third-order valence-corrected chi connectivity index (χ3v) is 2.99. The molecule has 0 saturated heterocycles. The zero-order valence-electron chi connectivity index (χ0n) is 11.6. The van der Waals surface area contributed by atoms with Crippen molar-refractivity contribution in [3.63, 3.8) is 0 Å². The molecular weight excluding hydrogens is 210 g/mol. The van der Waals surface area contributed by atoms with Gasteiger partial charge in [0, 0.05) is 17.8 Å². The average Bonchev–Trinajstić information content (AvgIpc) is 2.36. The Balaban J connectivity index is 3.07. The molecule has 96 valence electrons. The third-order valence-electron chi connectivity index (χ3n) is 2.99. The largest absolute Gasteiger partial charge is 0.319 e. The molecule has 0 aliphatic heterocycles. The summed E-state index contributed by atoms with van der Waals surface area (Å²) >= 11 is 0. The normalized spacial score (nSPS) is 10.8. The second-order valence-corrected chi connectivity index (χ2v) is 4.32. The van der Waals surface area contributed by atoms with Gasteiger partial charge in [0.05, 0.1) is 0 Å². The topological polar surface area (TPSA) is 37.8 Å². The van der Waals surface area contributed by atoms with Crippen LogP contribution < -0.4 is 5.32 Å². The quantitative estimate of drug-likeness (QED) is 0.788. The Morgan fingerprint density at radius 3 is 1.94 bits per heavy atom. The molecule has 0 saturated carbocycles. The monoisotopic (exact) mass is 235 g/mol. The van der Waals surface area contributed by atoms with E-state index < -0.39 is 0 Å². The van der Waals surface area contributed by atoms with Crippen LogP contribution in [0.1, 0.15) is 50.0 Å². The molecule has 0 bridgehead atoms. The Morgan fingerprint density at radius 2 is 1.53 bits per heavy atom. The zero-order valence-corrected chi connectivity index (χ0v) is 11.6. The predicted molar refractivity (Wildman–Crippen MR) is 72.4 cm³/mol. The fraction of sp³-hybridized carbons (Fsp3) is 0.714. The van der Waals surface area contributed by atoms with Crippen molar-refractivity contribution >= 4 is 0 Å². The Morgan fingerprint density at radius 1 is 0.941 bits per heavy atom. The fourth-order valence-electron chi connectivity index (χ4n) is 2.10. The van der Waals surface area contributed by atoms with Crippen molar-refractivity contribution in [2.45, 2.75) is 52.9 Å². The highest BCUT2D eigenvalue weighted by Gasteiger charge is 2.11. The molecule has 1 N–H and O–H groups in total. The van der Waals surface area contributed by atoms with Crippen LogP contribution in [0.2, 0.25) is 0 Å². The lowest BCUT2D eigenvalue weighted by molar-refractivity contribution is 0.733. The second kappa shape index (κ2) is 7.38. The van der Waals surface area contributed by atoms with Crippen molar-refractivity contribution in [2.75, 3.05) is 13.6 Å². The van der Waals surface area contributed by atoms with Crippen LogP contribution >= 0.6 is 0 Å². The van der Waals surface area contributed by atoms with Crippen LogP contribution in [0.5, 0.6) is 0 Å². The van der Waals surface area contributed by atoms with Crippen molar-refractivity contribution in [1.29, 1.82) is 0 Å². The molecule has 1 rings (SSSR count). The summed E-state index contributed by atoms with van der Waals surface area (Å²) in [7, 11) is 1.99. The highest BCUT2D eigenvalue weighted by atomic mass is 14.9. The highest BCUT2D eigenvalue weighted by Crippen LogP contribution is 2.15. The summed E-state index contributed by atoms with van der Waals surface area (Å²) in [5, 5.41) is 3.20. The molecular formula is C14H25N3. The van der Waals surface area contributed by atoms with E-state index in [9.17, 15) is 0 Å². The summed E-state index contributed by atoms with van der Waals surface area (Å²) in [6.07, 6.45) is 5.15. The molecule has 0 atom stereocenters. The van der Waals surface area contributed by atoms with Gasteiger partial charge in [-0.15, -0.1) is 0 Å². The van der Waals surface area contributed by atoms with E-state index in [1.807, 2.05) is 7.05 Å². The maximum atomic E-state index is 4.70. The first-order valence-corrected chi connectivity index (χ1v) is 6.78. The van der Waals surface area contributed by atoms with E-state index in [2.05, 4.69) is 26.1 Å². The Bertz CT molecular complexity index is 322. The van der Waals surface area contributed by atoms with Crippen molar-refractivity contribution in [2.24, 2.45) is 0 Å². The molecule has 1 aromatic heterocycles. The lowest BCUT2D eigenvalue weighted by Crippen LogP contribution is -2.16. The molecule has 0 unspecified atom stereocenters. The van der Waals surface area contributed by atoms with E-state index in [1.165, 1.54) is 17.0 Å². The number of hydrogen-bond donors (Lipinski definition) is 1. The van der Waals surface area contributed by atoms with Crippen LogP contribution in [0.3, 0.4) is 0 Å². The van der Waals surface area contributed by atoms with Gasteiger partial charge in [-0.25, -0.2) is 9.97 Å². The minimum Gasteiger partial charge on any atom is -0.319 e. The van der Waals surface area contributed by atoms with Gasteiger partial charge >= 0.3 is 0 Å². The lowest BCUT2D eigenvalue weighted by atomic mass is 10.0. The van der Waals surface area contributed by atoms with Gasteiger partial charge in [-0.2, -0.15) is 0 Å². The van der Waals surface area contributed by atoms with E-state index in [0.717, 1.165) is 44.5 Å². The molecule has 0 aromatic carbocycles. The molecule has 3 heteroatoms. The minimum absolute atomic E-state index is 0.992. The van der Waals surface area contributed by atoms with Gasteiger partial charge < -0.3 is 5.32 Å². The molecule has 0 fully saturated rings. The molecule has 0 aliphatic rings. The second-order valence-electron chi connectivity index (χ2n) is 4.32. The van der Waals surface area contributed by atoms with E-state index in [1.54, 1.807) is 0 Å². The van der Waals surface area contributed by atoms with Crippen LogP contribution in [0.15, 0.2) is 0 Å². The van der Waals surface area contributed by atoms with E-state index in [0.29, 0.717) is 0 Å². The van der Waals surface area contributed by atoms with E-state index >= 15 is 0 Å². The number of rotatable bonds is 7. The summed E-state index contributed by atoms with van der Waals surface area (Å²) in [6, 6.07) is 0. The summed E-state index contributed by atoms with van der Waals surface area (Å²) < 4.78 is 0. The summed E-state index contributed by atoms with van der Waals surface area (Å²) in [5.74, 6) is 1.02. The minimum atomic E-state index is 0.992. The van der Waals surface area contributed by atoms with Crippen molar-refractivity contribution in [1.82, 2.24) is 15.3 Å². The van der Waals surface area contributed by atoms with E-state index in [4.69, 9.17) is 9.97 Å². The predicted octanol–water partition coefficient (Wildman–Crippen LogP) is 2.32. The van der Waals surface area contributed by atoms with Crippen LogP contribution in [-0.2, 0) is 25.7 Å². The highest BCUT2D eigenvalue weighted by molar-refractivity contribution is 5.27. The fourth-order valence-corrected chi connectivity index (χ4v) is 2.10. The first-order valence-electron chi connectivity index (χ1n) is 6.78. The number of aromatic nitrogens is 2. The molecule has 0 amide bonds. The van der Waals surface area contributed by atoms with Gasteiger partial charge in [0.2, 0.25) is 0 Å². The summed E-state index contributed by atoms with van der Waals surface area (Å²) in [4.78, 5) is 9.41. The van der Waals surface area contributed by atoms with Gasteiger partial charge in [-0.3, -0.25) is 0 Å². The van der Waals surface area contributed by atoms with Crippen LogP contribution in [0.4, 0.5) is 0 Å². The number of aryl methyl sites for hydroxylation is 3. The number of nitrogens with zero attached hydrogens (tertiary/aromatic N) is 2. The zero-order chi connectivity index (χ0) is 12.7. The maximum absolute atomic E-state index is 4.70. The smallest absolute Gasteiger partial charge is 0.128 e. The molecule has 0 spiro atoms. The molecule has 1 aromatic rings. The van der Waals surface area contributed by atoms with Gasteiger partial charge in [0.1, 0.15) is 5.82 Å². The van der Waals surface area contributed by atoms with Gasteiger partial charge in [-0.05, 0) is 44.8 Å². The Labute approximate surface area is 105 Å². The molecule has 3 nitrogen and oxygen atoms in total. The SMILES string of the molecule is CCCc1nc(CC)c(CCNC)c(CC)n1. The first-order chi connectivity index (χ1) is 8.26. The molecule has 0 radical (unpaired) electrons. The number of nitrogens with one attached hydrogen (secondary N) is 1. The van der Waals surface area contributed by atoms with Crippen LogP contribution in [-0.4, -0.2) is 23.6 Å². The average molecular weight is 235 g/mol. The lowest BCUT2D eigenvalue weighted by Gasteiger charge is -2.13. The first kappa shape index (κ1) is 14.1. The summed E-state index contributed by atoms with van der Waals surface area (Å²) in [6.45, 7) is 7.53.